The Morgan fingerprint density at radius 2 is 2.17 bits per heavy atom. The van der Waals surface area contributed by atoms with Crippen LogP contribution in [0, 0.1) is 5.92 Å². The summed E-state index contributed by atoms with van der Waals surface area (Å²) in [6.45, 7) is 2.66. The maximum atomic E-state index is 11.7. The molecule has 3 N–H and O–H groups in total. The average molecular weight is 243 g/mol. The lowest BCUT2D eigenvalue weighted by Crippen LogP contribution is -2.32. The third-order valence-electron chi connectivity index (χ3n) is 2.97. The Morgan fingerprint density at radius 3 is 2.94 bits per heavy atom. The Morgan fingerprint density at radius 1 is 1.39 bits per heavy atom. The summed E-state index contributed by atoms with van der Waals surface area (Å²) >= 11 is 0. The van der Waals surface area contributed by atoms with Gasteiger partial charge in [0.05, 0.1) is 5.52 Å². The highest BCUT2D eigenvalue weighted by Crippen LogP contribution is 2.15. The fourth-order valence-electron chi connectivity index (χ4n) is 1.77. The third-order valence-corrected chi connectivity index (χ3v) is 2.97. The number of para-hydroxylation sites is 1. The van der Waals surface area contributed by atoms with Crippen molar-refractivity contribution in [1.82, 2.24) is 10.3 Å². The summed E-state index contributed by atoms with van der Waals surface area (Å²) in [6.07, 6.45) is 1.76. The second kappa shape index (κ2) is 5.60. The molecule has 4 nitrogen and oxygen atoms in total. The van der Waals surface area contributed by atoms with Gasteiger partial charge in [-0.25, -0.2) is 0 Å². The van der Waals surface area contributed by atoms with Gasteiger partial charge in [0.1, 0.15) is 0 Å². The first-order chi connectivity index (χ1) is 8.72. The molecule has 1 amide bonds. The Bertz CT molecular complexity index is 548. The van der Waals surface area contributed by atoms with Crippen molar-refractivity contribution in [2.45, 2.75) is 13.5 Å². The zero-order valence-corrected chi connectivity index (χ0v) is 10.4. The normalized spacial score (nSPS) is 12.3. The van der Waals surface area contributed by atoms with Gasteiger partial charge in [-0.3, -0.25) is 9.78 Å². The van der Waals surface area contributed by atoms with Crippen LogP contribution < -0.4 is 11.1 Å². The molecule has 0 aliphatic carbocycles. The molecule has 2 aromatic rings. The topological polar surface area (TPSA) is 68.0 Å². The van der Waals surface area contributed by atoms with E-state index in [0.29, 0.717) is 13.1 Å². The van der Waals surface area contributed by atoms with E-state index in [0.717, 1.165) is 16.5 Å². The number of aromatic nitrogens is 1. The predicted molar refractivity (Wildman–Crippen MR) is 71.8 cm³/mol. The number of pyridine rings is 1. The third kappa shape index (κ3) is 2.65. The van der Waals surface area contributed by atoms with E-state index in [4.69, 9.17) is 5.73 Å². The lowest BCUT2D eigenvalue weighted by molar-refractivity contribution is -0.124. The van der Waals surface area contributed by atoms with E-state index < -0.39 is 0 Å². The first kappa shape index (κ1) is 12.5. The van der Waals surface area contributed by atoms with Crippen molar-refractivity contribution in [3.05, 3.63) is 42.1 Å². The second-order valence-electron chi connectivity index (χ2n) is 4.35. The number of fused-ring (bicyclic) bond motifs is 1. The monoisotopic (exact) mass is 243 g/mol. The van der Waals surface area contributed by atoms with E-state index >= 15 is 0 Å². The number of nitrogens with two attached hydrogens (primary N) is 1. The van der Waals surface area contributed by atoms with Crippen LogP contribution in [0.4, 0.5) is 0 Å². The highest BCUT2D eigenvalue weighted by molar-refractivity contribution is 5.83. The number of amides is 1. The molecule has 0 spiro atoms. The fourth-order valence-corrected chi connectivity index (χ4v) is 1.77. The molecule has 94 valence electrons. The smallest absolute Gasteiger partial charge is 0.224 e. The average Bonchev–Trinajstić information content (AvgIpc) is 2.43. The zero-order valence-electron chi connectivity index (χ0n) is 10.4. The van der Waals surface area contributed by atoms with Crippen molar-refractivity contribution in [2.75, 3.05) is 6.54 Å². The number of benzene rings is 1. The highest BCUT2D eigenvalue weighted by Gasteiger charge is 2.10. The molecule has 1 unspecified atom stereocenters. The van der Waals surface area contributed by atoms with Gasteiger partial charge in [-0.05, 0) is 11.6 Å². The van der Waals surface area contributed by atoms with Gasteiger partial charge in [0, 0.05) is 30.6 Å². The summed E-state index contributed by atoms with van der Waals surface area (Å²) in [5.41, 5.74) is 7.41. The van der Waals surface area contributed by atoms with Gasteiger partial charge in [-0.2, -0.15) is 0 Å². The van der Waals surface area contributed by atoms with Crippen LogP contribution >= 0.6 is 0 Å². The Balaban J connectivity index is 2.15. The minimum atomic E-state index is -0.159. The number of carbonyl (C=O) groups is 1. The first-order valence-corrected chi connectivity index (χ1v) is 6.02. The Hall–Kier alpha value is -1.94. The molecule has 2 rings (SSSR count). The fraction of sp³-hybridized carbons (Fsp3) is 0.286. The number of carbonyl (C=O) groups excluding carboxylic acids is 1. The van der Waals surface area contributed by atoms with Gasteiger partial charge in [0.2, 0.25) is 5.91 Å². The molecule has 0 radical (unpaired) electrons. The van der Waals surface area contributed by atoms with Gasteiger partial charge in [-0.1, -0.05) is 31.2 Å². The van der Waals surface area contributed by atoms with Crippen LogP contribution in [-0.2, 0) is 11.3 Å². The second-order valence-corrected chi connectivity index (χ2v) is 4.35. The van der Waals surface area contributed by atoms with Crippen molar-refractivity contribution in [2.24, 2.45) is 11.7 Å². The van der Waals surface area contributed by atoms with E-state index in [9.17, 15) is 4.79 Å². The standard InChI is InChI=1S/C14H17N3O/c1-10(8-15)14(18)17-9-12-5-2-4-11-6-3-7-16-13(11)12/h2-7,10H,8-9,15H2,1H3,(H,17,18). The van der Waals surface area contributed by atoms with Gasteiger partial charge < -0.3 is 11.1 Å². The van der Waals surface area contributed by atoms with Crippen molar-refractivity contribution >= 4 is 16.8 Å². The van der Waals surface area contributed by atoms with E-state index in [2.05, 4.69) is 10.3 Å². The maximum Gasteiger partial charge on any atom is 0.224 e. The van der Waals surface area contributed by atoms with Gasteiger partial charge in [0.25, 0.3) is 0 Å². The van der Waals surface area contributed by atoms with Crippen LogP contribution in [-0.4, -0.2) is 17.4 Å². The van der Waals surface area contributed by atoms with Gasteiger partial charge >= 0.3 is 0 Å². The van der Waals surface area contributed by atoms with E-state index in [1.807, 2.05) is 37.3 Å². The largest absolute Gasteiger partial charge is 0.352 e. The van der Waals surface area contributed by atoms with Crippen LogP contribution in [0.15, 0.2) is 36.5 Å². The van der Waals surface area contributed by atoms with Crippen molar-refractivity contribution in [3.63, 3.8) is 0 Å². The van der Waals surface area contributed by atoms with Crippen LogP contribution in [0.3, 0.4) is 0 Å². The number of rotatable bonds is 4. The maximum absolute atomic E-state index is 11.7. The van der Waals surface area contributed by atoms with Crippen molar-refractivity contribution in [1.29, 1.82) is 0 Å². The van der Waals surface area contributed by atoms with Gasteiger partial charge in [0.15, 0.2) is 0 Å². The molecule has 1 aromatic carbocycles. The Kier molecular flexibility index (Phi) is 3.89. The number of nitrogens with zero attached hydrogens (tertiary/aromatic N) is 1. The van der Waals surface area contributed by atoms with Crippen LogP contribution in [0.2, 0.25) is 0 Å². The quantitative estimate of drug-likeness (QED) is 0.854. The summed E-state index contributed by atoms with van der Waals surface area (Å²) < 4.78 is 0. The predicted octanol–water partition coefficient (Wildman–Crippen LogP) is 1.45. The molecule has 0 saturated carbocycles. The highest BCUT2D eigenvalue weighted by atomic mass is 16.1. The molecule has 0 aliphatic rings. The molecule has 0 saturated heterocycles. The molecule has 1 aromatic heterocycles. The molecule has 1 atom stereocenters. The van der Waals surface area contributed by atoms with Crippen molar-refractivity contribution in [3.8, 4) is 0 Å². The summed E-state index contributed by atoms with van der Waals surface area (Å²) in [5, 5.41) is 3.96. The van der Waals surface area contributed by atoms with Crippen molar-refractivity contribution < 1.29 is 4.79 Å². The van der Waals surface area contributed by atoms with Crippen LogP contribution in [0.5, 0.6) is 0 Å². The molecule has 0 bridgehead atoms. The molecule has 1 heterocycles. The summed E-state index contributed by atoms with van der Waals surface area (Å²) in [4.78, 5) is 16.0. The van der Waals surface area contributed by atoms with Gasteiger partial charge in [-0.15, -0.1) is 0 Å². The van der Waals surface area contributed by atoms with E-state index in [1.54, 1.807) is 6.20 Å². The van der Waals surface area contributed by atoms with E-state index in [-0.39, 0.29) is 11.8 Å². The minimum Gasteiger partial charge on any atom is -0.352 e. The first-order valence-electron chi connectivity index (χ1n) is 6.02. The SMILES string of the molecule is CC(CN)C(=O)NCc1cccc2cccnc12. The number of hydrogen-bond donors (Lipinski definition) is 2. The summed E-state index contributed by atoms with van der Waals surface area (Å²) in [7, 11) is 0. The van der Waals surface area contributed by atoms with E-state index in [1.165, 1.54) is 0 Å². The lowest BCUT2D eigenvalue weighted by atomic mass is 10.1. The minimum absolute atomic E-state index is 0.0227. The molecule has 4 heteroatoms. The molecule has 0 aliphatic heterocycles. The number of hydrogen-bond acceptors (Lipinski definition) is 3. The molecule has 0 fully saturated rings. The van der Waals surface area contributed by atoms with Crippen LogP contribution in [0.25, 0.3) is 10.9 Å². The molecular weight excluding hydrogens is 226 g/mol. The van der Waals surface area contributed by atoms with Crippen LogP contribution in [0.1, 0.15) is 12.5 Å². The summed E-state index contributed by atoms with van der Waals surface area (Å²) in [6, 6.07) is 9.87. The lowest BCUT2D eigenvalue weighted by Gasteiger charge is -2.11. The number of nitrogens with one attached hydrogen (secondary N) is 1. The summed E-state index contributed by atoms with van der Waals surface area (Å²) in [5.74, 6) is -0.182. The Labute approximate surface area is 106 Å². The molecule has 18 heavy (non-hydrogen) atoms. The zero-order chi connectivity index (χ0) is 13.0. The molecular formula is C14H17N3O.